The van der Waals surface area contributed by atoms with Gasteiger partial charge in [-0.2, -0.15) is 4.98 Å². The van der Waals surface area contributed by atoms with Crippen LogP contribution in [0.3, 0.4) is 0 Å². The lowest BCUT2D eigenvalue weighted by Crippen LogP contribution is -2.28. The second kappa shape index (κ2) is 6.08. The molecular weight excluding hydrogens is 246 g/mol. The van der Waals surface area contributed by atoms with Crippen LogP contribution in [-0.2, 0) is 21.2 Å². The summed E-state index contributed by atoms with van der Waals surface area (Å²) < 4.78 is 35.0. The maximum atomic E-state index is 11.3. The Morgan fingerprint density at radius 1 is 1.53 bits per heavy atom. The normalized spacial score (nSPS) is 13.8. The highest BCUT2D eigenvalue weighted by Gasteiger charge is 2.19. The third kappa shape index (κ3) is 4.41. The molecule has 0 aliphatic carbocycles. The van der Waals surface area contributed by atoms with Gasteiger partial charge in [0, 0.05) is 13.5 Å². The van der Waals surface area contributed by atoms with Gasteiger partial charge in [-0.05, 0) is 13.8 Å². The molecule has 1 N–H and O–H groups in total. The van der Waals surface area contributed by atoms with Crippen molar-refractivity contribution in [2.75, 3.05) is 19.5 Å². The summed E-state index contributed by atoms with van der Waals surface area (Å²) in [6, 6.07) is -0.524. The molecule has 1 heterocycles. The van der Waals surface area contributed by atoms with E-state index >= 15 is 0 Å². The van der Waals surface area contributed by atoms with Crippen LogP contribution < -0.4 is 4.72 Å². The summed E-state index contributed by atoms with van der Waals surface area (Å²) in [5.41, 5.74) is 0. The van der Waals surface area contributed by atoms with Gasteiger partial charge in [-0.15, -0.1) is 0 Å². The quantitative estimate of drug-likeness (QED) is 0.758. The first-order chi connectivity index (χ1) is 7.98. The molecule has 1 atom stereocenters. The smallest absolute Gasteiger partial charge is 0.244 e. The Labute approximate surface area is 101 Å². The fraction of sp³-hybridized carbons (Fsp3) is 0.778. The van der Waals surface area contributed by atoms with E-state index in [-0.39, 0.29) is 11.6 Å². The van der Waals surface area contributed by atoms with E-state index in [0.717, 1.165) is 0 Å². The fourth-order valence-electron chi connectivity index (χ4n) is 1.14. The Bertz CT molecular complexity index is 443. The van der Waals surface area contributed by atoms with Gasteiger partial charge in [0.2, 0.25) is 15.9 Å². The standard InChI is InChI=1S/C9H17N3O4S/c1-4-17(13,14)12-7(2)9-10-8(11-16-9)5-6-15-3/h7,12H,4-6H2,1-3H3. The molecule has 0 fully saturated rings. The van der Waals surface area contributed by atoms with E-state index < -0.39 is 16.1 Å². The Balaban J connectivity index is 2.63. The molecular formula is C9H17N3O4S. The van der Waals surface area contributed by atoms with Crippen LogP contribution in [0.25, 0.3) is 0 Å². The van der Waals surface area contributed by atoms with Crippen LogP contribution in [0, 0.1) is 0 Å². The molecule has 0 radical (unpaired) electrons. The molecule has 0 aliphatic heterocycles. The fourth-order valence-corrected chi connectivity index (χ4v) is 1.95. The number of hydrogen-bond acceptors (Lipinski definition) is 6. The lowest BCUT2D eigenvalue weighted by Gasteiger charge is -2.08. The highest BCUT2D eigenvalue weighted by molar-refractivity contribution is 7.89. The Kier molecular flexibility index (Phi) is 5.03. The van der Waals surface area contributed by atoms with Crippen molar-refractivity contribution in [1.29, 1.82) is 0 Å². The van der Waals surface area contributed by atoms with Crippen molar-refractivity contribution in [3.05, 3.63) is 11.7 Å². The van der Waals surface area contributed by atoms with E-state index in [1.54, 1.807) is 21.0 Å². The maximum Gasteiger partial charge on any atom is 0.244 e. The molecule has 0 aromatic carbocycles. The summed E-state index contributed by atoms with van der Waals surface area (Å²) in [5, 5.41) is 3.73. The number of nitrogens with one attached hydrogen (secondary N) is 1. The summed E-state index contributed by atoms with van der Waals surface area (Å²) in [5.74, 6) is 0.777. The van der Waals surface area contributed by atoms with Crippen molar-refractivity contribution in [2.45, 2.75) is 26.3 Å². The van der Waals surface area contributed by atoms with E-state index in [1.807, 2.05) is 0 Å². The highest BCUT2D eigenvalue weighted by Crippen LogP contribution is 2.11. The van der Waals surface area contributed by atoms with Gasteiger partial charge in [0.15, 0.2) is 5.82 Å². The van der Waals surface area contributed by atoms with Crippen molar-refractivity contribution in [3.63, 3.8) is 0 Å². The highest BCUT2D eigenvalue weighted by atomic mass is 32.2. The minimum Gasteiger partial charge on any atom is -0.384 e. The lowest BCUT2D eigenvalue weighted by atomic mass is 10.3. The van der Waals surface area contributed by atoms with Crippen molar-refractivity contribution in [1.82, 2.24) is 14.9 Å². The van der Waals surface area contributed by atoms with Gasteiger partial charge in [-0.25, -0.2) is 13.1 Å². The van der Waals surface area contributed by atoms with Crippen LogP contribution in [0.1, 0.15) is 31.6 Å². The van der Waals surface area contributed by atoms with Gasteiger partial charge in [0.05, 0.1) is 18.4 Å². The predicted octanol–water partition coefficient (Wildman–Crippen LogP) is 0.259. The number of hydrogen-bond donors (Lipinski definition) is 1. The second-order valence-corrected chi connectivity index (χ2v) is 5.58. The number of ether oxygens (including phenoxy) is 1. The summed E-state index contributed by atoms with van der Waals surface area (Å²) in [6.45, 7) is 3.71. The van der Waals surface area contributed by atoms with Crippen LogP contribution in [0.15, 0.2) is 4.52 Å². The number of aromatic nitrogens is 2. The molecule has 0 amide bonds. The number of methoxy groups -OCH3 is 1. The average Bonchev–Trinajstić information content (AvgIpc) is 2.74. The predicted molar refractivity (Wildman–Crippen MR) is 60.9 cm³/mol. The first-order valence-electron chi connectivity index (χ1n) is 5.30. The third-order valence-electron chi connectivity index (χ3n) is 2.12. The van der Waals surface area contributed by atoms with Gasteiger partial charge in [-0.1, -0.05) is 5.16 Å². The van der Waals surface area contributed by atoms with Gasteiger partial charge >= 0.3 is 0 Å². The van der Waals surface area contributed by atoms with E-state index in [4.69, 9.17) is 9.26 Å². The van der Waals surface area contributed by atoms with Crippen molar-refractivity contribution in [3.8, 4) is 0 Å². The minimum atomic E-state index is -3.28. The third-order valence-corrected chi connectivity index (χ3v) is 3.59. The zero-order chi connectivity index (χ0) is 12.9. The van der Waals surface area contributed by atoms with Crippen LogP contribution in [-0.4, -0.2) is 38.0 Å². The molecule has 1 rings (SSSR count). The number of sulfonamides is 1. The lowest BCUT2D eigenvalue weighted by molar-refractivity contribution is 0.199. The summed E-state index contributed by atoms with van der Waals surface area (Å²) in [6.07, 6.45) is 0.535. The zero-order valence-electron chi connectivity index (χ0n) is 10.1. The van der Waals surface area contributed by atoms with E-state index in [1.165, 1.54) is 0 Å². The SMILES string of the molecule is CCS(=O)(=O)NC(C)c1nc(CCOC)no1. The summed E-state index contributed by atoms with van der Waals surface area (Å²) >= 11 is 0. The first-order valence-corrected chi connectivity index (χ1v) is 6.95. The Morgan fingerprint density at radius 2 is 2.24 bits per heavy atom. The van der Waals surface area contributed by atoms with E-state index in [2.05, 4.69) is 14.9 Å². The van der Waals surface area contributed by atoms with Gasteiger partial charge in [0.1, 0.15) is 0 Å². The molecule has 1 unspecified atom stereocenters. The molecule has 98 valence electrons. The molecule has 0 bridgehead atoms. The number of rotatable bonds is 7. The van der Waals surface area contributed by atoms with E-state index in [9.17, 15) is 8.42 Å². The van der Waals surface area contributed by atoms with Gasteiger partial charge < -0.3 is 9.26 Å². The molecule has 17 heavy (non-hydrogen) atoms. The molecule has 0 aliphatic rings. The van der Waals surface area contributed by atoms with Crippen molar-refractivity contribution in [2.24, 2.45) is 0 Å². The first kappa shape index (κ1) is 14.1. The monoisotopic (exact) mass is 263 g/mol. The summed E-state index contributed by atoms with van der Waals surface area (Å²) in [7, 11) is -1.69. The average molecular weight is 263 g/mol. The number of nitrogens with zero attached hydrogens (tertiary/aromatic N) is 2. The topological polar surface area (TPSA) is 94.3 Å². The van der Waals surface area contributed by atoms with Crippen LogP contribution in [0.4, 0.5) is 0 Å². The van der Waals surface area contributed by atoms with Crippen LogP contribution in [0.2, 0.25) is 0 Å². The van der Waals surface area contributed by atoms with E-state index in [0.29, 0.717) is 18.9 Å². The van der Waals surface area contributed by atoms with Crippen molar-refractivity contribution < 1.29 is 17.7 Å². The molecule has 8 heteroatoms. The molecule has 7 nitrogen and oxygen atoms in total. The van der Waals surface area contributed by atoms with Gasteiger partial charge in [0.25, 0.3) is 0 Å². The molecule has 1 aromatic heterocycles. The Hall–Kier alpha value is -0.990. The molecule has 1 aromatic rings. The maximum absolute atomic E-state index is 11.3. The van der Waals surface area contributed by atoms with Crippen LogP contribution in [0.5, 0.6) is 0 Å². The minimum absolute atomic E-state index is 0.0159. The summed E-state index contributed by atoms with van der Waals surface area (Å²) in [4.78, 5) is 4.08. The van der Waals surface area contributed by atoms with Gasteiger partial charge in [-0.3, -0.25) is 0 Å². The Morgan fingerprint density at radius 3 is 2.82 bits per heavy atom. The zero-order valence-corrected chi connectivity index (χ0v) is 11.0. The van der Waals surface area contributed by atoms with Crippen molar-refractivity contribution >= 4 is 10.0 Å². The molecule has 0 spiro atoms. The van der Waals surface area contributed by atoms with Crippen LogP contribution >= 0.6 is 0 Å². The molecule has 0 saturated carbocycles. The largest absolute Gasteiger partial charge is 0.384 e. The molecule has 0 saturated heterocycles. The second-order valence-electron chi connectivity index (χ2n) is 3.53.